The largest absolute Gasteiger partial charge is 0.369 e. The lowest BCUT2D eigenvalue weighted by Gasteiger charge is -2.41. The van der Waals surface area contributed by atoms with E-state index in [1.807, 2.05) is 31.2 Å². The fourth-order valence-corrected chi connectivity index (χ4v) is 8.02. The molecule has 1 N–H and O–H groups in total. The van der Waals surface area contributed by atoms with Gasteiger partial charge in [0.05, 0.1) is 32.5 Å². The molecule has 0 bridgehead atoms. The van der Waals surface area contributed by atoms with Gasteiger partial charge in [0.1, 0.15) is 17.5 Å². The van der Waals surface area contributed by atoms with Crippen molar-refractivity contribution in [3.05, 3.63) is 107 Å². The van der Waals surface area contributed by atoms with E-state index in [0.717, 1.165) is 53.5 Å². The Balaban J connectivity index is 1.07. The van der Waals surface area contributed by atoms with Gasteiger partial charge in [-0.15, -0.1) is 11.3 Å². The topological polar surface area (TPSA) is 74.2 Å². The zero-order valence-electron chi connectivity index (χ0n) is 28.0. The van der Waals surface area contributed by atoms with Gasteiger partial charge < -0.3 is 15.1 Å². The van der Waals surface area contributed by atoms with E-state index in [2.05, 4.69) is 20.1 Å². The summed E-state index contributed by atoms with van der Waals surface area (Å²) in [6, 6.07) is 18.2. The maximum absolute atomic E-state index is 15.5. The van der Waals surface area contributed by atoms with Gasteiger partial charge in [-0.25, -0.2) is 28.1 Å². The number of carbonyl (C=O) groups excluding carboxylic acids is 1. The van der Waals surface area contributed by atoms with Gasteiger partial charge in [0, 0.05) is 43.0 Å². The summed E-state index contributed by atoms with van der Waals surface area (Å²) in [7, 11) is 0. The lowest BCUT2D eigenvalue weighted by molar-refractivity contribution is 0.0985. The lowest BCUT2D eigenvalue weighted by atomic mass is 9.99. The number of thiazole rings is 1. The first-order valence-electron chi connectivity index (χ1n) is 17.3. The van der Waals surface area contributed by atoms with E-state index < -0.39 is 23.0 Å². The number of nitrogens with one attached hydrogen (secondary N) is 1. The molecule has 0 spiro atoms. The van der Waals surface area contributed by atoms with E-state index in [-0.39, 0.29) is 12.2 Å². The second-order valence-electron chi connectivity index (χ2n) is 12.9. The third-order valence-corrected chi connectivity index (χ3v) is 10.8. The average Bonchev–Trinajstić information content (AvgIpc) is 3.57. The van der Waals surface area contributed by atoms with Crippen LogP contribution in [-0.2, 0) is 12.8 Å². The number of ketones is 1. The molecule has 258 valence electrons. The molecule has 2 aromatic heterocycles. The highest BCUT2D eigenvalue weighted by Gasteiger charge is 2.27. The Bertz CT molecular complexity index is 1970. The smallest absolute Gasteiger partial charge is 0.227 e. The minimum Gasteiger partial charge on any atom is -0.369 e. The maximum atomic E-state index is 15.5. The number of Topliss-reactive ketones (excluding diaryl/α,β-unsaturated/α-hetero) is 1. The zero-order valence-corrected chi connectivity index (χ0v) is 28.8. The minimum absolute atomic E-state index is 0.167. The van der Waals surface area contributed by atoms with Crippen molar-refractivity contribution in [2.24, 2.45) is 0 Å². The standard InChI is InChI=1S/C39H39F3N6OS/c1-2-35-46-37(26-9-6-8-25(22-26)23-34(49)36-29(40)10-7-11-30(36)41)38(50-35)32-14-17-43-39(45-32)44-27-12-13-33(31(42)24-27)48-20-15-28(16-21-48)47-18-4-3-5-19-47/h6-14,17,22,24,28H,2-5,15-16,18-21,23H2,1H3,(H,43,44,45). The second-order valence-corrected chi connectivity index (χ2v) is 14.0. The number of nitrogens with zero attached hydrogens (tertiary/aromatic N) is 5. The van der Waals surface area contributed by atoms with Crippen LogP contribution in [0.3, 0.4) is 0 Å². The van der Waals surface area contributed by atoms with Crippen LogP contribution < -0.4 is 10.2 Å². The summed E-state index contributed by atoms with van der Waals surface area (Å²) in [4.78, 5) is 32.5. The van der Waals surface area contributed by atoms with Gasteiger partial charge >= 0.3 is 0 Å². The number of halogens is 3. The summed E-state index contributed by atoms with van der Waals surface area (Å²) in [6.07, 6.45) is 8.18. The van der Waals surface area contributed by atoms with Gasteiger partial charge in [-0.05, 0) is 93.2 Å². The van der Waals surface area contributed by atoms with Crippen LogP contribution in [0.25, 0.3) is 21.8 Å². The van der Waals surface area contributed by atoms with Crippen molar-refractivity contribution in [1.29, 1.82) is 0 Å². The van der Waals surface area contributed by atoms with Crippen LogP contribution in [0.15, 0.2) is 72.9 Å². The molecule has 2 aliphatic rings. The van der Waals surface area contributed by atoms with E-state index in [1.54, 1.807) is 24.4 Å². The Kier molecular flexibility index (Phi) is 10.2. The first-order chi connectivity index (χ1) is 24.4. The van der Waals surface area contributed by atoms with Gasteiger partial charge in [-0.1, -0.05) is 37.6 Å². The SMILES string of the molecule is CCc1nc(-c2cccc(CC(=O)c3c(F)cccc3F)c2)c(-c2ccnc(Nc3ccc(N4CCC(N5CCCCC5)CC4)c(F)c3)n2)s1. The van der Waals surface area contributed by atoms with Gasteiger partial charge in [-0.3, -0.25) is 4.79 Å². The third kappa shape index (κ3) is 7.44. The van der Waals surface area contributed by atoms with E-state index in [0.29, 0.717) is 46.7 Å². The molecule has 50 heavy (non-hydrogen) atoms. The summed E-state index contributed by atoms with van der Waals surface area (Å²) in [6.45, 7) is 6.08. The van der Waals surface area contributed by atoms with Crippen molar-refractivity contribution in [2.75, 3.05) is 36.4 Å². The van der Waals surface area contributed by atoms with Crippen LogP contribution in [0.4, 0.5) is 30.5 Å². The summed E-state index contributed by atoms with van der Waals surface area (Å²) < 4.78 is 44.0. The minimum atomic E-state index is -0.879. The van der Waals surface area contributed by atoms with Crippen LogP contribution in [0.2, 0.25) is 0 Å². The Morgan fingerprint density at radius 2 is 1.64 bits per heavy atom. The maximum Gasteiger partial charge on any atom is 0.227 e. The van der Waals surface area contributed by atoms with Crippen LogP contribution in [-0.4, -0.2) is 57.9 Å². The van der Waals surface area contributed by atoms with Crippen LogP contribution in [0.5, 0.6) is 0 Å². The monoisotopic (exact) mass is 696 g/mol. The van der Waals surface area contributed by atoms with E-state index in [4.69, 9.17) is 9.97 Å². The van der Waals surface area contributed by atoms with E-state index >= 15 is 4.39 Å². The molecular weight excluding hydrogens is 658 g/mol. The molecule has 2 saturated heterocycles. The number of aromatic nitrogens is 3. The third-order valence-electron chi connectivity index (χ3n) is 9.58. The molecule has 0 unspecified atom stereocenters. The highest BCUT2D eigenvalue weighted by atomic mass is 32.1. The molecule has 0 amide bonds. The van der Waals surface area contributed by atoms with Crippen molar-refractivity contribution in [3.8, 4) is 21.8 Å². The van der Waals surface area contributed by atoms with Crippen molar-refractivity contribution in [1.82, 2.24) is 19.9 Å². The van der Waals surface area contributed by atoms with Gasteiger partial charge in [0.25, 0.3) is 0 Å². The van der Waals surface area contributed by atoms with Crippen molar-refractivity contribution >= 4 is 34.4 Å². The fourth-order valence-electron chi connectivity index (χ4n) is 7.02. The number of piperidine rings is 2. The van der Waals surface area contributed by atoms with Crippen LogP contribution in [0, 0.1) is 17.5 Å². The van der Waals surface area contributed by atoms with Crippen LogP contribution in [0.1, 0.15) is 60.0 Å². The molecule has 0 atom stereocenters. The number of hydrogen-bond acceptors (Lipinski definition) is 8. The summed E-state index contributed by atoms with van der Waals surface area (Å²) >= 11 is 1.51. The average molecular weight is 697 g/mol. The Hall–Kier alpha value is -4.61. The number of hydrogen-bond donors (Lipinski definition) is 1. The van der Waals surface area contributed by atoms with Gasteiger partial charge in [0.2, 0.25) is 5.95 Å². The number of likely N-dealkylation sites (tertiary alicyclic amines) is 1. The zero-order chi connectivity index (χ0) is 34.6. The number of aryl methyl sites for hydroxylation is 1. The van der Waals surface area contributed by atoms with Gasteiger partial charge in [0.15, 0.2) is 5.78 Å². The molecule has 3 aromatic carbocycles. The summed E-state index contributed by atoms with van der Waals surface area (Å²) in [5.74, 6) is -2.36. The van der Waals surface area contributed by atoms with Crippen molar-refractivity contribution < 1.29 is 18.0 Å². The molecule has 7 rings (SSSR count). The number of benzene rings is 3. The van der Waals surface area contributed by atoms with Crippen molar-refractivity contribution in [2.45, 2.75) is 57.9 Å². The van der Waals surface area contributed by atoms with E-state index in [1.165, 1.54) is 55.8 Å². The highest BCUT2D eigenvalue weighted by Crippen LogP contribution is 2.37. The predicted octanol–water partition coefficient (Wildman–Crippen LogP) is 8.87. The first-order valence-corrected chi connectivity index (χ1v) is 18.1. The van der Waals surface area contributed by atoms with E-state index in [9.17, 15) is 13.6 Å². The first kappa shape index (κ1) is 33.9. The highest BCUT2D eigenvalue weighted by molar-refractivity contribution is 7.15. The molecule has 2 fully saturated rings. The molecule has 4 heterocycles. The molecule has 0 radical (unpaired) electrons. The van der Waals surface area contributed by atoms with Crippen LogP contribution >= 0.6 is 11.3 Å². The second kappa shape index (κ2) is 15.1. The molecule has 0 saturated carbocycles. The molecule has 11 heteroatoms. The molecule has 7 nitrogen and oxygen atoms in total. The Morgan fingerprint density at radius 1 is 0.880 bits per heavy atom. The van der Waals surface area contributed by atoms with Crippen molar-refractivity contribution in [3.63, 3.8) is 0 Å². The normalized spacial score (nSPS) is 15.7. The molecular formula is C39H39F3N6OS. The lowest BCUT2D eigenvalue weighted by Crippen LogP contribution is -2.46. The summed E-state index contributed by atoms with van der Waals surface area (Å²) in [5.41, 5.74) is 3.31. The Morgan fingerprint density at radius 3 is 2.38 bits per heavy atom. The predicted molar refractivity (Wildman–Crippen MR) is 193 cm³/mol. The molecule has 5 aromatic rings. The fraction of sp³-hybridized carbons (Fsp3) is 0.333. The summed E-state index contributed by atoms with van der Waals surface area (Å²) in [5, 5.41) is 4.07. The number of anilines is 3. The Labute approximate surface area is 294 Å². The molecule has 2 aliphatic heterocycles. The van der Waals surface area contributed by atoms with Gasteiger partial charge in [-0.2, -0.15) is 0 Å². The quantitative estimate of drug-likeness (QED) is 0.146. The molecule has 0 aliphatic carbocycles. The number of rotatable bonds is 10. The number of carbonyl (C=O) groups is 1.